The van der Waals surface area contributed by atoms with E-state index in [4.69, 9.17) is 4.74 Å². The average molecular weight is 454 g/mol. The van der Waals surface area contributed by atoms with E-state index in [0.717, 1.165) is 58.0 Å². The maximum Gasteiger partial charge on any atom is 0.134 e. The molecule has 1 aromatic heterocycles. The standard InChI is InChI=1S/C26H32FN3OS/c1-28-13-12-25(26-7-4-18-32-26)31-24-6-3-2-5-22(24)20-30-16-14-29(15-17-30)19-21-8-10-23(27)11-9-21/h2-11,18,25,28H,12-17,19-20H2,1H3. The number of nitrogens with zero attached hydrogens (tertiary/aromatic N) is 2. The minimum absolute atomic E-state index is 0.0659. The van der Waals surface area contributed by atoms with E-state index < -0.39 is 0 Å². The second-order valence-corrected chi connectivity index (χ2v) is 9.28. The average Bonchev–Trinajstić information content (AvgIpc) is 3.35. The second kappa shape index (κ2) is 11.6. The highest BCUT2D eigenvalue weighted by Gasteiger charge is 2.20. The van der Waals surface area contributed by atoms with Crippen LogP contribution in [0, 0.1) is 5.82 Å². The van der Waals surface area contributed by atoms with E-state index >= 15 is 0 Å². The van der Waals surface area contributed by atoms with Crippen LogP contribution in [0.5, 0.6) is 5.75 Å². The number of ether oxygens (including phenoxy) is 1. The Balaban J connectivity index is 1.34. The topological polar surface area (TPSA) is 27.7 Å². The second-order valence-electron chi connectivity index (χ2n) is 8.30. The lowest BCUT2D eigenvalue weighted by Gasteiger charge is -2.35. The number of hydrogen-bond donors (Lipinski definition) is 1. The molecule has 1 aliphatic rings. The molecule has 1 N–H and O–H groups in total. The summed E-state index contributed by atoms with van der Waals surface area (Å²) in [5.74, 6) is 0.808. The van der Waals surface area contributed by atoms with Gasteiger partial charge in [0.05, 0.1) is 0 Å². The maximum absolute atomic E-state index is 13.1. The molecule has 0 amide bonds. The van der Waals surface area contributed by atoms with Crippen LogP contribution >= 0.6 is 11.3 Å². The smallest absolute Gasteiger partial charge is 0.134 e. The van der Waals surface area contributed by atoms with Crippen molar-refractivity contribution in [3.8, 4) is 5.75 Å². The van der Waals surface area contributed by atoms with Crippen LogP contribution in [-0.2, 0) is 13.1 Å². The Kier molecular flexibility index (Phi) is 8.29. The van der Waals surface area contributed by atoms with Gasteiger partial charge in [0.1, 0.15) is 17.7 Å². The number of benzene rings is 2. The number of halogens is 1. The predicted octanol–water partition coefficient (Wildman–Crippen LogP) is 4.93. The molecule has 0 bridgehead atoms. The van der Waals surface area contributed by atoms with Gasteiger partial charge in [-0.05, 0) is 48.8 Å². The third-order valence-corrected chi connectivity index (χ3v) is 6.90. The Bertz CT molecular complexity index is 940. The van der Waals surface area contributed by atoms with Crippen LogP contribution in [0.15, 0.2) is 66.0 Å². The highest BCUT2D eigenvalue weighted by molar-refractivity contribution is 7.10. The summed E-state index contributed by atoms with van der Waals surface area (Å²) >= 11 is 1.75. The molecule has 0 saturated carbocycles. The highest BCUT2D eigenvalue weighted by atomic mass is 32.1. The monoisotopic (exact) mass is 453 g/mol. The van der Waals surface area contributed by atoms with Crippen molar-refractivity contribution in [1.29, 1.82) is 0 Å². The van der Waals surface area contributed by atoms with Gasteiger partial charge < -0.3 is 10.1 Å². The van der Waals surface area contributed by atoms with Crippen molar-refractivity contribution in [2.45, 2.75) is 25.6 Å². The SMILES string of the molecule is CNCCC(Oc1ccccc1CN1CCN(Cc2ccc(F)cc2)CC1)c1cccs1. The zero-order valence-electron chi connectivity index (χ0n) is 18.7. The van der Waals surface area contributed by atoms with Crippen molar-refractivity contribution < 1.29 is 9.13 Å². The molecule has 3 aromatic rings. The largest absolute Gasteiger partial charge is 0.485 e. The van der Waals surface area contributed by atoms with E-state index in [1.807, 2.05) is 19.2 Å². The minimum atomic E-state index is -0.174. The fraction of sp³-hybridized carbons (Fsp3) is 0.385. The number of rotatable bonds is 10. The molecule has 4 nitrogen and oxygen atoms in total. The molecule has 1 unspecified atom stereocenters. The third kappa shape index (κ3) is 6.39. The number of piperazine rings is 1. The first kappa shape index (κ1) is 22.9. The van der Waals surface area contributed by atoms with Gasteiger partial charge in [0, 0.05) is 56.1 Å². The van der Waals surface area contributed by atoms with Crippen LogP contribution < -0.4 is 10.1 Å². The van der Waals surface area contributed by atoms with Crippen LogP contribution in [0.2, 0.25) is 0 Å². The van der Waals surface area contributed by atoms with Crippen LogP contribution in [0.1, 0.15) is 28.5 Å². The molecule has 2 heterocycles. The Morgan fingerprint density at radius 2 is 1.66 bits per heavy atom. The lowest BCUT2D eigenvalue weighted by atomic mass is 10.1. The molecule has 0 radical (unpaired) electrons. The van der Waals surface area contributed by atoms with Crippen molar-refractivity contribution in [3.05, 3.63) is 87.9 Å². The van der Waals surface area contributed by atoms with E-state index in [9.17, 15) is 4.39 Å². The Labute approximate surface area is 194 Å². The first-order valence-electron chi connectivity index (χ1n) is 11.3. The maximum atomic E-state index is 13.1. The van der Waals surface area contributed by atoms with E-state index in [0.29, 0.717) is 0 Å². The highest BCUT2D eigenvalue weighted by Crippen LogP contribution is 2.30. The van der Waals surface area contributed by atoms with Crippen LogP contribution in [0.25, 0.3) is 0 Å². The first-order valence-corrected chi connectivity index (χ1v) is 12.2. The van der Waals surface area contributed by atoms with Gasteiger partial charge in [0.25, 0.3) is 0 Å². The summed E-state index contributed by atoms with van der Waals surface area (Å²) in [4.78, 5) is 6.21. The van der Waals surface area contributed by atoms with Gasteiger partial charge in [-0.3, -0.25) is 9.80 Å². The predicted molar refractivity (Wildman–Crippen MR) is 130 cm³/mol. The van der Waals surface area contributed by atoms with Crippen molar-refractivity contribution >= 4 is 11.3 Å². The van der Waals surface area contributed by atoms with Crippen molar-refractivity contribution in [3.63, 3.8) is 0 Å². The molecule has 1 atom stereocenters. The number of hydrogen-bond acceptors (Lipinski definition) is 5. The zero-order chi connectivity index (χ0) is 22.2. The van der Waals surface area contributed by atoms with Gasteiger partial charge in [-0.25, -0.2) is 4.39 Å². The molecule has 1 saturated heterocycles. The summed E-state index contributed by atoms with van der Waals surface area (Å²) in [6, 6.07) is 19.5. The summed E-state index contributed by atoms with van der Waals surface area (Å²) in [6.07, 6.45) is 1.00. The molecule has 0 aliphatic carbocycles. The van der Waals surface area contributed by atoms with Crippen molar-refractivity contribution in [1.82, 2.24) is 15.1 Å². The van der Waals surface area contributed by atoms with Gasteiger partial charge >= 0.3 is 0 Å². The van der Waals surface area contributed by atoms with Crippen LogP contribution in [0.4, 0.5) is 4.39 Å². The fourth-order valence-electron chi connectivity index (χ4n) is 4.11. The van der Waals surface area contributed by atoms with Crippen molar-refractivity contribution in [2.75, 3.05) is 39.8 Å². The molecule has 170 valence electrons. The van der Waals surface area contributed by atoms with Gasteiger partial charge in [-0.15, -0.1) is 11.3 Å². The summed E-state index contributed by atoms with van der Waals surface area (Å²) in [6.45, 7) is 6.75. The first-order chi connectivity index (χ1) is 15.7. The summed E-state index contributed by atoms with van der Waals surface area (Å²) in [5, 5.41) is 5.36. The van der Waals surface area contributed by atoms with E-state index in [1.54, 1.807) is 23.5 Å². The Hall–Kier alpha value is -2.25. The summed E-state index contributed by atoms with van der Waals surface area (Å²) < 4.78 is 19.7. The number of para-hydroxylation sites is 1. The molecule has 1 aliphatic heterocycles. The normalized spacial score (nSPS) is 16.2. The fourth-order valence-corrected chi connectivity index (χ4v) is 4.90. The Morgan fingerprint density at radius 1 is 0.938 bits per heavy atom. The molecule has 2 aromatic carbocycles. The van der Waals surface area contributed by atoms with Gasteiger partial charge in [-0.1, -0.05) is 36.4 Å². The lowest BCUT2D eigenvalue weighted by molar-refractivity contribution is 0.119. The van der Waals surface area contributed by atoms with E-state index in [2.05, 4.69) is 56.9 Å². The van der Waals surface area contributed by atoms with E-state index in [1.165, 1.54) is 16.0 Å². The quantitative estimate of drug-likeness (QED) is 0.471. The number of nitrogens with one attached hydrogen (secondary N) is 1. The molecule has 0 spiro atoms. The Morgan fingerprint density at radius 3 is 2.34 bits per heavy atom. The third-order valence-electron chi connectivity index (χ3n) is 5.94. The minimum Gasteiger partial charge on any atom is -0.485 e. The summed E-state index contributed by atoms with van der Waals surface area (Å²) in [7, 11) is 1.98. The molecule has 4 rings (SSSR count). The van der Waals surface area contributed by atoms with E-state index in [-0.39, 0.29) is 11.9 Å². The van der Waals surface area contributed by atoms with Crippen molar-refractivity contribution in [2.24, 2.45) is 0 Å². The molecular formula is C26H32FN3OS. The van der Waals surface area contributed by atoms with Crippen LogP contribution in [-0.4, -0.2) is 49.6 Å². The number of thiophene rings is 1. The molecule has 32 heavy (non-hydrogen) atoms. The molecule has 1 fully saturated rings. The van der Waals surface area contributed by atoms with Crippen LogP contribution in [0.3, 0.4) is 0 Å². The molecular weight excluding hydrogens is 421 g/mol. The summed E-state index contributed by atoms with van der Waals surface area (Å²) in [5.41, 5.74) is 2.41. The molecule has 6 heteroatoms. The van der Waals surface area contributed by atoms with Gasteiger partial charge in [0.2, 0.25) is 0 Å². The lowest BCUT2D eigenvalue weighted by Crippen LogP contribution is -2.45. The van der Waals surface area contributed by atoms with Gasteiger partial charge in [-0.2, -0.15) is 0 Å². The zero-order valence-corrected chi connectivity index (χ0v) is 19.5. The van der Waals surface area contributed by atoms with Gasteiger partial charge in [0.15, 0.2) is 0 Å².